The maximum Gasteiger partial charge on any atom is 0.293 e. The molecule has 142 valence electrons. The summed E-state index contributed by atoms with van der Waals surface area (Å²) in [6.07, 6.45) is 2.07. The van der Waals surface area contributed by atoms with Gasteiger partial charge in [0.2, 0.25) is 5.82 Å². The van der Waals surface area contributed by atoms with E-state index >= 15 is 0 Å². The molecule has 1 unspecified atom stereocenters. The number of amides is 1. The molecule has 3 rings (SSSR count). The third-order valence-electron chi connectivity index (χ3n) is 4.54. The molecule has 0 aliphatic carbocycles. The average molecular weight is 398 g/mol. The number of benzene rings is 1. The molecule has 2 heterocycles. The third-order valence-corrected chi connectivity index (χ3v) is 4.86. The highest BCUT2D eigenvalue weighted by molar-refractivity contribution is 6.32. The van der Waals surface area contributed by atoms with E-state index in [4.69, 9.17) is 11.6 Å². The van der Waals surface area contributed by atoms with Gasteiger partial charge in [-0.25, -0.2) is 9.67 Å². The first-order chi connectivity index (χ1) is 12.0. The molecule has 1 aliphatic heterocycles. The highest BCUT2D eigenvalue weighted by Crippen LogP contribution is 2.24. The Labute approximate surface area is 165 Å². The number of para-hydroxylation sites is 1. The van der Waals surface area contributed by atoms with Gasteiger partial charge in [-0.1, -0.05) is 37.6 Å². The second kappa shape index (κ2) is 8.84. The molecule has 1 aromatic heterocycles. The second-order valence-corrected chi connectivity index (χ2v) is 7.10. The number of halogens is 2. The number of nitrogens with zero attached hydrogens (tertiary/aromatic N) is 4. The Kier molecular flexibility index (Phi) is 7.03. The van der Waals surface area contributed by atoms with Gasteiger partial charge in [0.05, 0.1) is 10.7 Å². The molecule has 1 aliphatic rings. The maximum atomic E-state index is 12.9. The molecule has 0 saturated carbocycles. The van der Waals surface area contributed by atoms with E-state index in [-0.39, 0.29) is 30.1 Å². The van der Waals surface area contributed by atoms with Crippen LogP contribution >= 0.6 is 24.0 Å². The van der Waals surface area contributed by atoms with Crippen molar-refractivity contribution < 1.29 is 4.79 Å². The van der Waals surface area contributed by atoms with Gasteiger partial charge in [0.25, 0.3) is 5.91 Å². The quantitative estimate of drug-likeness (QED) is 0.859. The van der Waals surface area contributed by atoms with Crippen LogP contribution in [0.15, 0.2) is 24.3 Å². The lowest BCUT2D eigenvalue weighted by atomic mass is 10.1. The summed E-state index contributed by atoms with van der Waals surface area (Å²) in [6, 6.07) is 7.79. The Hall–Kier alpha value is -1.63. The number of carbonyl (C=O) groups is 1. The lowest BCUT2D eigenvalue weighted by Gasteiger charge is -2.31. The molecule has 1 saturated heterocycles. The standard InChI is InChI=1S/C18H24ClN5O.ClH/c1-12(2)17-21-16(18(25)23-10-6-7-13(11-23)20-3)22-24(17)15-9-5-4-8-14(15)19;/h4-5,8-9,12-13,20H,6-7,10-11H2,1-3H3;1H. The molecular weight excluding hydrogens is 373 g/mol. The van der Waals surface area contributed by atoms with Crippen molar-refractivity contribution in [3.05, 3.63) is 40.9 Å². The van der Waals surface area contributed by atoms with E-state index in [9.17, 15) is 4.79 Å². The molecule has 1 aromatic carbocycles. The largest absolute Gasteiger partial charge is 0.334 e. The molecule has 0 radical (unpaired) electrons. The van der Waals surface area contributed by atoms with E-state index in [1.54, 1.807) is 4.68 Å². The molecule has 6 nitrogen and oxygen atoms in total. The first kappa shape index (κ1) is 20.7. The number of likely N-dealkylation sites (N-methyl/N-ethyl adjacent to an activating group) is 1. The molecule has 1 atom stereocenters. The molecule has 8 heteroatoms. The van der Waals surface area contributed by atoms with Crippen LogP contribution in [-0.2, 0) is 0 Å². The lowest BCUT2D eigenvalue weighted by molar-refractivity contribution is 0.0686. The smallest absolute Gasteiger partial charge is 0.293 e. The van der Waals surface area contributed by atoms with Crippen molar-refractivity contribution in [1.29, 1.82) is 0 Å². The number of hydrogen-bond donors (Lipinski definition) is 1. The number of carbonyl (C=O) groups excluding carboxylic acids is 1. The lowest BCUT2D eigenvalue weighted by Crippen LogP contribution is -2.47. The van der Waals surface area contributed by atoms with Crippen LogP contribution in [0.4, 0.5) is 0 Å². The van der Waals surface area contributed by atoms with Crippen molar-refractivity contribution >= 4 is 29.9 Å². The fourth-order valence-electron chi connectivity index (χ4n) is 3.13. The number of nitrogens with one attached hydrogen (secondary N) is 1. The molecule has 1 N–H and O–H groups in total. The van der Waals surface area contributed by atoms with Gasteiger partial charge in [0.15, 0.2) is 0 Å². The van der Waals surface area contributed by atoms with Gasteiger partial charge in [-0.05, 0) is 32.0 Å². The Bertz CT molecular complexity index is 762. The van der Waals surface area contributed by atoms with Crippen molar-refractivity contribution in [3.63, 3.8) is 0 Å². The first-order valence-corrected chi connectivity index (χ1v) is 9.07. The van der Waals surface area contributed by atoms with Crippen molar-refractivity contribution in [3.8, 4) is 5.69 Å². The SMILES string of the molecule is CNC1CCCN(C(=O)c2nc(C(C)C)n(-c3ccccc3Cl)n2)C1.Cl. The van der Waals surface area contributed by atoms with Crippen molar-refractivity contribution in [2.75, 3.05) is 20.1 Å². The highest BCUT2D eigenvalue weighted by Gasteiger charge is 2.28. The summed E-state index contributed by atoms with van der Waals surface area (Å²) in [6.45, 7) is 5.49. The van der Waals surface area contributed by atoms with E-state index in [0.717, 1.165) is 30.9 Å². The zero-order chi connectivity index (χ0) is 18.0. The average Bonchev–Trinajstić information content (AvgIpc) is 3.07. The minimum atomic E-state index is -0.118. The van der Waals surface area contributed by atoms with E-state index in [1.165, 1.54) is 0 Å². The molecule has 0 bridgehead atoms. The minimum absolute atomic E-state index is 0. The molecule has 1 amide bonds. The van der Waals surface area contributed by atoms with Crippen LogP contribution in [0.3, 0.4) is 0 Å². The van der Waals surface area contributed by atoms with Crippen LogP contribution in [0.2, 0.25) is 5.02 Å². The molecule has 1 fully saturated rings. The normalized spacial score (nSPS) is 17.3. The fraction of sp³-hybridized carbons (Fsp3) is 0.500. The molecular formula is C18H25Cl2N5O. The maximum absolute atomic E-state index is 12.9. The van der Waals surface area contributed by atoms with E-state index in [2.05, 4.69) is 15.4 Å². The summed E-state index contributed by atoms with van der Waals surface area (Å²) in [4.78, 5) is 19.3. The van der Waals surface area contributed by atoms with Crippen LogP contribution in [0.5, 0.6) is 0 Å². The van der Waals surface area contributed by atoms with E-state index in [1.807, 2.05) is 50.1 Å². The Balaban J connectivity index is 0.00000243. The van der Waals surface area contributed by atoms with Crippen LogP contribution in [-0.4, -0.2) is 51.8 Å². The Morgan fingerprint density at radius 1 is 1.35 bits per heavy atom. The number of likely N-dealkylation sites (tertiary alicyclic amines) is 1. The van der Waals surface area contributed by atoms with Gasteiger partial charge in [-0.15, -0.1) is 17.5 Å². The van der Waals surface area contributed by atoms with Crippen LogP contribution in [0.25, 0.3) is 5.69 Å². The number of piperidine rings is 1. The summed E-state index contributed by atoms with van der Waals surface area (Å²) in [5, 5.41) is 8.33. The summed E-state index contributed by atoms with van der Waals surface area (Å²) in [5.74, 6) is 0.975. The zero-order valence-electron chi connectivity index (χ0n) is 15.3. The second-order valence-electron chi connectivity index (χ2n) is 6.69. The number of rotatable bonds is 4. The van der Waals surface area contributed by atoms with Crippen molar-refractivity contribution in [1.82, 2.24) is 25.0 Å². The van der Waals surface area contributed by atoms with Gasteiger partial charge >= 0.3 is 0 Å². The van der Waals surface area contributed by atoms with Gasteiger partial charge in [-0.3, -0.25) is 4.79 Å². The van der Waals surface area contributed by atoms with Crippen molar-refractivity contribution in [2.24, 2.45) is 0 Å². The Morgan fingerprint density at radius 3 is 2.73 bits per heavy atom. The molecule has 26 heavy (non-hydrogen) atoms. The van der Waals surface area contributed by atoms with Gasteiger partial charge in [0.1, 0.15) is 5.82 Å². The van der Waals surface area contributed by atoms with Crippen molar-refractivity contribution in [2.45, 2.75) is 38.6 Å². The van der Waals surface area contributed by atoms with E-state index < -0.39 is 0 Å². The highest BCUT2D eigenvalue weighted by atomic mass is 35.5. The zero-order valence-corrected chi connectivity index (χ0v) is 16.8. The molecule has 2 aromatic rings. The molecule has 0 spiro atoms. The van der Waals surface area contributed by atoms with Gasteiger partial charge in [0, 0.05) is 25.0 Å². The van der Waals surface area contributed by atoms with E-state index in [0.29, 0.717) is 17.6 Å². The topological polar surface area (TPSA) is 63.1 Å². The predicted octanol–water partition coefficient (Wildman–Crippen LogP) is 3.29. The van der Waals surface area contributed by atoms with Crippen LogP contribution < -0.4 is 5.32 Å². The van der Waals surface area contributed by atoms with Gasteiger partial charge < -0.3 is 10.2 Å². The number of hydrogen-bond acceptors (Lipinski definition) is 4. The fourth-order valence-corrected chi connectivity index (χ4v) is 3.34. The predicted molar refractivity (Wildman–Crippen MR) is 106 cm³/mol. The van der Waals surface area contributed by atoms with Gasteiger partial charge in [-0.2, -0.15) is 0 Å². The monoisotopic (exact) mass is 397 g/mol. The van der Waals surface area contributed by atoms with Crippen LogP contribution in [0, 0.1) is 0 Å². The summed E-state index contributed by atoms with van der Waals surface area (Å²) in [5.41, 5.74) is 0.742. The third kappa shape index (κ3) is 4.19. The Morgan fingerprint density at radius 2 is 2.08 bits per heavy atom. The first-order valence-electron chi connectivity index (χ1n) is 8.69. The summed E-state index contributed by atoms with van der Waals surface area (Å²) in [7, 11) is 1.93. The number of aromatic nitrogens is 3. The summed E-state index contributed by atoms with van der Waals surface area (Å²) >= 11 is 6.32. The minimum Gasteiger partial charge on any atom is -0.334 e. The summed E-state index contributed by atoms with van der Waals surface area (Å²) < 4.78 is 1.69. The van der Waals surface area contributed by atoms with Crippen LogP contribution in [0.1, 0.15) is 49.1 Å².